The first-order valence-electron chi connectivity index (χ1n) is 3.83. The van der Waals surface area contributed by atoms with Crippen LogP contribution >= 0.6 is 0 Å². The summed E-state index contributed by atoms with van der Waals surface area (Å²) in [5, 5.41) is 21.5. The molecular formula is C8H9N3O3. The third-order valence-electron chi connectivity index (χ3n) is 1.64. The zero-order valence-corrected chi connectivity index (χ0v) is 7.25. The highest BCUT2D eigenvalue weighted by atomic mass is 16.6. The number of benzene rings is 1. The topological polar surface area (TPSA) is 102 Å². The Morgan fingerprint density at radius 1 is 1.64 bits per heavy atom. The van der Waals surface area contributed by atoms with Crippen molar-refractivity contribution in [3.05, 3.63) is 39.9 Å². The van der Waals surface area contributed by atoms with Crippen molar-refractivity contribution >= 4 is 11.5 Å². The van der Waals surface area contributed by atoms with Crippen LogP contribution in [0.2, 0.25) is 0 Å². The molecule has 1 rings (SSSR count). The lowest BCUT2D eigenvalue weighted by Crippen LogP contribution is -2.14. The molecule has 6 heteroatoms. The molecule has 1 aromatic carbocycles. The van der Waals surface area contributed by atoms with Crippen LogP contribution in [0.3, 0.4) is 0 Å². The van der Waals surface area contributed by atoms with Crippen molar-refractivity contribution in [2.75, 3.05) is 0 Å². The standard InChI is InChI=1S/C8H9N3O3/c9-8(10-12)5-6-2-1-3-7(4-6)11(13)14/h1-4,12H,5H2,(H2,9,10). The highest BCUT2D eigenvalue weighted by Gasteiger charge is 2.06. The Bertz CT molecular complexity index is 376. The van der Waals surface area contributed by atoms with Crippen LogP contribution in [-0.4, -0.2) is 16.0 Å². The Labute approximate surface area is 79.8 Å². The number of nitrogens with two attached hydrogens (primary N) is 1. The van der Waals surface area contributed by atoms with E-state index in [4.69, 9.17) is 10.9 Å². The number of rotatable bonds is 3. The molecule has 0 aliphatic rings. The van der Waals surface area contributed by atoms with Crippen LogP contribution < -0.4 is 5.73 Å². The van der Waals surface area contributed by atoms with Gasteiger partial charge < -0.3 is 10.9 Å². The molecule has 0 fully saturated rings. The van der Waals surface area contributed by atoms with Crippen molar-refractivity contribution in [3.8, 4) is 0 Å². The molecule has 0 aromatic heterocycles. The van der Waals surface area contributed by atoms with Crippen molar-refractivity contribution in [2.45, 2.75) is 6.42 Å². The monoisotopic (exact) mass is 195 g/mol. The Morgan fingerprint density at radius 3 is 2.93 bits per heavy atom. The van der Waals surface area contributed by atoms with E-state index in [0.717, 1.165) is 0 Å². The quantitative estimate of drug-likeness (QED) is 0.246. The third-order valence-corrected chi connectivity index (χ3v) is 1.64. The fraction of sp³-hybridized carbons (Fsp3) is 0.125. The molecule has 3 N–H and O–H groups in total. The number of amidine groups is 1. The molecule has 74 valence electrons. The second-order valence-corrected chi connectivity index (χ2v) is 2.70. The van der Waals surface area contributed by atoms with Crippen LogP contribution in [0.4, 0.5) is 5.69 Å². The Hall–Kier alpha value is -2.11. The first-order valence-corrected chi connectivity index (χ1v) is 3.83. The van der Waals surface area contributed by atoms with E-state index in [-0.39, 0.29) is 17.9 Å². The summed E-state index contributed by atoms with van der Waals surface area (Å²) in [6.45, 7) is 0. The van der Waals surface area contributed by atoms with Crippen LogP contribution in [0.15, 0.2) is 29.4 Å². The summed E-state index contributed by atoms with van der Waals surface area (Å²) >= 11 is 0. The van der Waals surface area contributed by atoms with Gasteiger partial charge in [0.1, 0.15) is 5.84 Å². The van der Waals surface area contributed by atoms with E-state index in [1.54, 1.807) is 12.1 Å². The van der Waals surface area contributed by atoms with Gasteiger partial charge in [-0.25, -0.2) is 0 Å². The van der Waals surface area contributed by atoms with E-state index in [0.29, 0.717) is 5.56 Å². The molecule has 0 radical (unpaired) electrons. The van der Waals surface area contributed by atoms with Crippen molar-refractivity contribution < 1.29 is 10.1 Å². The summed E-state index contributed by atoms with van der Waals surface area (Å²) in [6, 6.07) is 6.00. The van der Waals surface area contributed by atoms with Gasteiger partial charge in [0.15, 0.2) is 0 Å². The molecule has 14 heavy (non-hydrogen) atoms. The van der Waals surface area contributed by atoms with Gasteiger partial charge in [0.25, 0.3) is 5.69 Å². The molecule has 0 heterocycles. The van der Waals surface area contributed by atoms with Gasteiger partial charge in [-0.3, -0.25) is 10.1 Å². The number of nitro benzene ring substituents is 1. The summed E-state index contributed by atoms with van der Waals surface area (Å²) < 4.78 is 0. The largest absolute Gasteiger partial charge is 0.409 e. The SMILES string of the molecule is N/C(Cc1cccc([N+](=O)[O-])c1)=N\O. The van der Waals surface area contributed by atoms with Crippen LogP contribution in [-0.2, 0) is 6.42 Å². The normalized spacial score (nSPS) is 11.3. The number of hydrogen-bond acceptors (Lipinski definition) is 4. The Balaban J connectivity index is 2.89. The van der Waals surface area contributed by atoms with E-state index in [1.807, 2.05) is 0 Å². The molecule has 0 spiro atoms. The van der Waals surface area contributed by atoms with E-state index < -0.39 is 4.92 Å². The van der Waals surface area contributed by atoms with E-state index >= 15 is 0 Å². The highest BCUT2D eigenvalue weighted by molar-refractivity contribution is 5.82. The number of non-ortho nitro benzene ring substituents is 1. The minimum absolute atomic E-state index is 0.00626. The zero-order chi connectivity index (χ0) is 10.6. The van der Waals surface area contributed by atoms with Crippen molar-refractivity contribution in [1.82, 2.24) is 0 Å². The molecular weight excluding hydrogens is 186 g/mol. The second kappa shape index (κ2) is 4.22. The first-order chi connectivity index (χ1) is 6.63. The summed E-state index contributed by atoms with van der Waals surface area (Å²) in [6.07, 6.45) is 0.193. The highest BCUT2D eigenvalue weighted by Crippen LogP contribution is 2.13. The maximum atomic E-state index is 10.4. The molecule has 1 aromatic rings. The Kier molecular flexibility index (Phi) is 3.01. The average Bonchev–Trinajstić information content (AvgIpc) is 2.18. The molecule has 0 unspecified atom stereocenters. The average molecular weight is 195 g/mol. The number of hydrogen-bond donors (Lipinski definition) is 2. The van der Waals surface area contributed by atoms with E-state index in [2.05, 4.69) is 5.16 Å². The second-order valence-electron chi connectivity index (χ2n) is 2.70. The maximum absolute atomic E-state index is 10.4. The summed E-state index contributed by atoms with van der Waals surface area (Å²) in [5.74, 6) is 0.0190. The zero-order valence-electron chi connectivity index (χ0n) is 7.25. The number of nitrogens with zero attached hydrogens (tertiary/aromatic N) is 2. The minimum atomic E-state index is -0.490. The Morgan fingerprint density at radius 2 is 2.36 bits per heavy atom. The van der Waals surface area contributed by atoms with Crippen LogP contribution in [0.25, 0.3) is 0 Å². The fourth-order valence-electron chi connectivity index (χ4n) is 1.02. The molecule has 0 saturated heterocycles. The molecule has 0 saturated carbocycles. The maximum Gasteiger partial charge on any atom is 0.269 e. The van der Waals surface area contributed by atoms with Crippen LogP contribution in [0.1, 0.15) is 5.56 Å². The van der Waals surface area contributed by atoms with Gasteiger partial charge in [-0.05, 0) is 5.56 Å². The third kappa shape index (κ3) is 2.44. The molecule has 0 amide bonds. The van der Waals surface area contributed by atoms with Crippen LogP contribution in [0, 0.1) is 10.1 Å². The van der Waals surface area contributed by atoms with Gasteiger partial charge in [-0.15, -0.1) is 0 Å². The summed E-state index contributed by atoms with van der Waals surface area (Å²) in [7, 11) is 0. The molecule has 0 bridgehead atoms. The first kappa shape index (κ1) is 9.97. The van der Waals surface area contributed by atoms with E-state index in [9.17, 15) is 10.1 Å². The van der Waals surface area contributed by atoms with E-state index in [1.165, 1.54) is 12.1 Å². The lowest BCUT2D eigenvalue weighted by atomic mass is 10.1. The van der Waals surface area contributed by atoms with Gasteiger partial charge >= 0.3 is 0 Å². The van der Waals surface area contributed by atoms with Gasteiger partial charge in [-0.1, -0.05) is 17.3 Å². The van der Waals surface area contributed by atoms with Gasteiger partial charge in [-0.2, -0.15) is 0 Å². The molecule has 0 aliphatic heterocycles. The van der Waals surface area contributed by atoms with Crippen LogP contribution in [0.5, 0.6) is 0 Å². The number of oxime groups is 1. The van der Waals surface area contributed by atoms with Gasteiger partial charge in [0.2, 0.25) is 0 Å². The molecule has 0 aliphatic carbocycles. The summed E-state index contributed by atoms with van der Waals surface area (Å²) in [5.41, 5.74) is 5.89. The lowest BCUT2D eigenvalue weighted by molar-refractivity contribution is -0.384. The van der Waals surface area contributed by atoms with Crippen molar-refractivity contribution in [1.29, 1.82) is 0 Å². The lowest BCUT2D eigenvalue weighted by Gasteiger charge is -1.98. The number of nitro groups is 1. The summed E-state index contributed by atoms with van der Waals surface area (Å²) in [4.78, 5) is 9.91. The van der Waals surface area contributed by atoms with Crippen molar-refractivity contribution in [2.24, 2.45) is 10.9 Å². The van der Waals surface area contributed by atoms with Gasteiger partial charge in [0.05, 0.1) is 4.92 Å². The van der Waals surface area contributed by atoms with Gasteiger partial charge in [0, 0.05) is 18.6 Å². The minimum Gasteiger partial charge on any atom is -0.409 e. The molecule has 6 nitrogen and oxygen atoms in total. The predicted octanol–water partition coefficient (Wildman–Crippen LogP) is 0.884. The fourth-order valence-corrected chi connectivity index (χ4v) is 1.02. The smallest absolute Gasteiger partial charge is 0.269 e. The molecule has 0 atom stereocenters. The predicted molar refractivity (Wildman–Crippen MR) is 50.2 cm³/mol. The van der Waals surface area contributed by atoms with Crippen molar-refractivity contribution in [3.63, 3.8) is 0 Å².